The molecule has 1 N–H and O–H groups in total. The number of fused-ring (bicyclic) bond motifs is 1. The van der Waals surface area contributed by atoms with Crippen LogP contribution in [-0.2, 0) is 11.8 Å². The Balaban J connectivity index is 1.66. The second-order valence-corrected chi connectivity index (χ2v) is 10.2. The Hall–Kier alpha value is -3.56. The van der Waals surface area contributed by atoms with E-state index in [9.17, 15) is 9.59 Å². The molecule has 5 rings (SSSR count). The van der Waals surface area contributed by atoms with Crippen LogP contribution in [0.15, 0.2) is 69.0 Å². The van der Waals surface area contributed by atoms with E-state index in [4.69, 9.17) is 0 Å². The Bertz CT molecular complexity index is 1620. The van der Waals surface area contributed by atoms with Crippen molar-refractivity contribution in [1.82, 2.24) is 14.3 Å². The minimum Gasteiger partial charge on any atom is -0.322 e. The molecule has 0 radical (unpaired) electrons. The number of para-hydroxylation sites is 1. The first-order chi connectivity index (χ1) is 16.3. The molecule has 4 aromatic rings. The number of thiophene rings is 1. The van der Waals surface area contributed by atoms with Crippen LogP contribution in [0.5, 0.6) is 0 Å². The van der Waals surface area contributed by atoms with Crippen LogP contribution in [0, 0.1) is 13.8 Å². The molecule has 1 atom stereocenters. The van der Waals surface area contributed by atoms with E-state index in [-0.39, 0.29) is 11.5 Å². The summed E-state index contributed by atoms with van der Waals surface area (Å²) in [4.78, 5) is 33.4. The van der Waals surface area contributed by atoms with Gasteiger partial charge in [0.25, 0.3) is 11.5 Å². The Morgan fingerprint density at radius 3 is 2.62 bits per heavy atom. The lowest BCUT2D eigenvalue weighted by Gasteiger charge is -2.24. The quantitative estimate of drug-likeness (QED) is 0.478. The summed E-state index contributed by atoms with van der Waals surface area (Å²) in [5.74, 6) is -0.258. The van der Waals surface area contributed by atoms with E-state index in [1.807, 2.05) is 75.7 Å². The molecule has 9 heteroatoms. The van der Waals surface area contributed by atoms with E-state index in [0.717, 1.165) is 27.4 Å². The minimum atomic E-state index is -0.544. The Labute approximate surface area is 204 Å². The topological polar surface area (TPSA) is 81.3 Å². The number of nitrogens with one attached hydrogen (secondary N) is 1. The zero-order valence-corrected chi connectivity index (χ0v) is 20.8. The SMILES string of the molecule is CC1=C(C(=O)Nc2ccccc2C)C(c2cccs2)n2c(s/c(=C/c3cnn(C)c3C)c2=O)=N1. The van der Waals surface area contributed by atoms with Gasteiger partial charge in [-0.15, -0.1) is 11.3 Å². The molecule has 1 aromatic carbocycles. The van der Waals surface area contributed by atoms with Crippen molar-refractivity contribution in [3.63, 3.8) is 0 Å². The summed E-state index contributed by atoms with van der Waals surface area (Å²) < 4.78 is 3.98. The van der Waals surface area contributed by atoms with Gasteiger partial charge in [-0.05, 0) is 49.9 Å². The van der Waals surface area contributed by atoms with Gasteiger partial charge in [0.1, 0.15) is 6.04 Å². The maximum atomic E-state index is 13.6. The molecular formula is C25H23N5O2S2. The zero-order chi connectivity index (χ0) is 24.0. The first kappa shape index (κ1) is 22.2. The fraction of sp³-hybridized carbons (Fsp3) is 0.200. The van der Waals surface area contributed by atoms with Crippen LogP contribution >= 0.6 is 22.7 Å². The molecule has 3 aromatic heterocycles. The number of allylic oxidation sites excluding steroid dienone is 1. The number of hydrogen-bond acceptors (Lipinski definition) is 6. The summed E-state index contributed by atoms with van der Waals surface area (Å²) in [7, 11) is 1.87. The lowest BCUT2D eigenvalue weighted by atomic mass is 10.0. The zero-order valence-electron chi connectivity index (χ0n) is 19.2. The standard InChI is InChI=1S/C25H23N5O2S2/c1-14-8-5-6-9-18(14)28-23(31)21-15(2)27-25-30(22(21)19-10-7-11-33-19)24(32)20(34-25)12-17-13-26-29(4)16(17)3/h5-13,22H,1-4H3,(H,28,31)/b20-12+. The van der Waals surface area contributed by atoms with E-state index in [1.165, 1.54) is 22.7 Å². The van der Waals surface area contributed by atoms with Gasteiger partial charge in [-0.25, -0.2) is 4.99 Å². The molecule has 1 aliphatic rings. The molecule has 34 heavy (non-hydrogen) atoms. The molecule has 0 bridgehead atoms. The number of nitrogens with zero attached hydrogens (tertiary/aromatic N) is 4. The second kappa shape index (κ2) is 8.66. The highest BCUT2D eigenvalue weighted by molar-refractivity contribution is 7.10. The molecule has 0 aliphatic carbocycles. The van der Waals surface area contributed by atoms with Crippen molar-refractivity contribution in [2.24, 2.45) is 12.0 Å². The van der Waals surface area contributed by atoms with E-state index < -0.39 is 6.04 Å². The van der Waals surface area contributed by atoms with Gasteiger partial charge in [-0.2, -0.15) is 5.10 Å². The van der Waals surface area contributed by atoms with E-state index in [1.54, 1.807) is 15.4 Å². The van der Waals surface area contributed by atoms with Crippen molar-refractivity contribution in [1.29, 1.82) is 0 Å². The Morgan fingerprint density at radius 1 is 1.15 bits per heavy atom. The van der Waals surface area contributed by atoms with Crippen LogP contribution in [0.1, 0.15) is 34.7 Å². The fourth-order valence-corrected chi connectivity index (χ4v) is 5.89. The predicted molar refractivity (Wildman–Crippen MR) is 136 cm³/mol. The average molecular weight is 490 g/mol. The number of carbonyl (C=O) groups excluding carboxylic acids is 1. The number of carbonyl (C=O) groups is 1. The van der Waals surface area contributed by atoms with Gasteiger partial charge >= 0.3 is 0 Å². The summed E-state index contributed by atoms with van der Waals surface area (Å²) in [5.41, 5.74) is 4.47. The molecule has 172 valence electrons. The van der Waals surface area contributed by atoms with Gasteiger partial charge in [-0.1, -0.05) is 35.6 Å². The van der Waals surface area contributed by atoms with Crippen molar-refractivity contribution >= 4 is 40.3 Å². The fourth-order valence-electron chi connectivity index (χ4n) is 4.03. The van der Waals surface area contributed by atoms with Gasteiger partial charge in [0.15, 0.2) is 4.80 Å². The highest BCUT2D eigenvalue weighted by atomic mass is 32.1. The van der Waals surface area contributed by atoms with Crippen LogP contribution in [0.3, 0.4) is 0 Å². The third-order valence-corrected chi connectivity index (χ3v) is 7.94. The number of amides is 1. The van der Waals surface area contributed by atoms with Gasteiger partial charge < -0.3 is 5.32 Å². The summed E-state index contributed by atoms with van der Waals surface area (Å²) in [6.07, 6.45) is 3.60. The summed E-state index contributed by atoms with van der Waals surface area (Å²) in [5, 5.41) is 9.25. The smallest absolute Gasteiger partial charge is 0.271 e. The summed E-state index contributed by atoms with van der Waals surface area (Å²) >= 11 is 2.85. The largest absolute Gasteiger partial charge is 0.322 e. The highest BCUT2D eigenvalue weighted by Gasteiger charge is 2.33. The number of thiazole rings is 1. The molecule has 1 aliphatic heterocycles. The number of benzene rings is 1. The minimum absolute atomic E-state index is 0.168. The number of hydrogen-bond donors (Lipinski definition) is 1. The van der Waals surface area contributed by atoms with Crippen LogP contribution in [0.2, 0.25) is 0 Å². The molecule has 0 fully saturated rings. The molecular weight excluding hydrogens is 466 g/mol. The van der Waals surface area contributed by atoms with Gasteiger partial charge in [0.2, 0.25) is 0 Å². The molecule has 4 heterocycles. The van der Waals surface area contributed by atoms with Crippen molar-refractivity contribution in [2.75, 3.05) is 5.32 Å². The summed E-state index contributed by atoms with van der Waals surface area (Å²) in [6, 6.07) is 11.0. The normalized spacial score (nSPS) is 15.9. The molecule has 1 unspecified atom stereocenters. The third kappa shape index (κ3) is 3.76. The maximum absolute atomic E-state index is 13.6. The van der Waals surface area contributed by atoms with Gasteiger partial charge in [0, 0.05) is 28.9 Å². The van der Waals surface area contributed by atoms with Crippen molar-refractivity contribution in [3.05, 3.63) is 101 Å². The maximum Gasteiger partial charge on any atom is 0.271 e. The summed E-state index contributed by atoms with van der Waals surface area (Å²) in [6.45, 7) is 5.74. The van der Waals surface area contributed by atoms with Crippen LogP contribution in [-0.4, -0.2) is 20.3 Å². The number of anilines is 1. The number of aromatic nitrogens is 3. The Morgan fingerprint density at radius 2 is 1.94 bits per heavy atom. The number of aryl methyl sites for hydroxylation is 2. The molecule has 0 saturated carbocycles. The Kier molecular flexibility index (Phi) is 5.66. The van der Waals surface area contributed by atoms with E-state index in [2.05, 4.69) is 15.4 Å². The van der Waals surface area contributed by atoms with Crippen LogP contribution in [0.25, 0.3) is 6.08 Å². The van der Waals surface area contributed by atoms with Crippen molar-refractivity contribution in [2.45, 2.75) is 26.8 Å². The second-order valence-electron chi connectivity index (χ2n) is 8.18. The van der Waals surface area contributed by atoms with Crippen molar-refractivity contribution < 1.29 is 4.79 Å². The lowest BCUT2D eigenvalue weighted by molar-refractivity contribution is -0.113. The molecule has 0 spiro atoms. The van der Waals surface area contributed by atoms with Crippen LogP contribution in [0.4, 0.5) is 5.69 Å². The third-order valence-electron chi connectivity index (χ3n) is 6.03. The van der Waals surface area contributed by atoms with Gasteiger partial charge in [-0.3, -0.25) is 18.8 Å². The van der Waals surface area contributed by atoms with Crippen LogP contribution < -0.4 is 20.2 Å². The lowest BCUT2D eigenvalue weighted by Crippen LogP contribution is -2.40. The highest BCUT2D eigenvalue weighted by Crippen LogP contribution is 2.33. The number of rotatable bonds is 4. The van der Waals surface area contributed by atoms with Crippen molar-refractivity contribution in [3.8, 4) is 0 Å². The monoisotopic (exact) mass is 489 g/mol. The molecule has 1 amide bonds. The van der Waals surface area contributed by atoms with E-state index in [0.29, 0.717) is 20.6 Å². The average Bonchev–Trinajstić information content (AvgIpc) is 3.52. The molecule has 0 saturated heterocycles. The first-order valence-electron chi connectivity index (χ1n) is 10.8. The van der Waals surface area contributed by atoms with Gasteiger partial charge in [0.05, 0.1) is 22.0 Å². The predicted octanol–water partition coefficient (Wildman–Crippen LogP) is 3.29. The van der Waals surface area contributed by atoms with E-state index >= 15 is 0 Å². The molecule has 7 nitrogen and oxygen atoms in total. The first-order valence-corrected chi connectivity index (χ1v) is 12.5.